The number of amides is 3. The molecule has 204 valence electrons. The molecule has 1 aliphatic rings. The van der Waals surface area contributed by atoms with Crippen molar-refractivity contribution in [2.75, 3.05) is 13.1 Å². The highest BCUT2D eigenvalue weighted by atomic mass is 16.4. The molecule has 2 heterocycles. The molecule has 2 rings (SSSR count). The fraction of sp³-hybridized carbons (Fsp3) is 0.571. The van der Waals surface area contributed by atoms with Crippen LogP contribution >= 0.6 is 0 Å². The van der Waals surface area contributed by atoms with Gasteiger partial charge in [-0.1, -0.05) is 0 Å². The van der Waals surface area contributed by atoms with E-state index in [1.54, 1.807) is 0 Å². The molecule has 37 heavy (non-hydrogen) atoms. The zero-order chi connectivity index (χ0) is 27.4. The van der Waals surface area contributed by atoms with Crippen molar-refractivity contribution in [3.05, 3.63) is 18.2 Å². The second kappa shape index (κ2) is 14.4. The van der Waals surface area contributed by atoms with Crippen LogP contribution in [0.1, 0.15) is 37.8 Å². The normalized spacial score (nSPS) is 17.1. The van der Waals surface area contributed by atoms with Gasteiger partial charge in [-0.2, -0.15) is 0 Å². The number of hydrogen-bond donors (Lipinski definition) is 9. The van der Waals surface area contributed by atoms with E-state index in [0.29, 0.717) is 25.1 Å². The van der Waals surface area contributed by atoms with E-state index in [-0.39, 0.29) is 31.3 Å². The number of carboxylic acids is 2. The number of carboxylic acid groups (broad SMARTS) is 2. The number of hydrogen-bond acceptors (Lipinski definition) is 8. The SMILES string of the molecule is NC(N)=NCCCC(NC(=O)C1CCCN1)C(=O)NC(Cc1cnc[nH]1)C(=O)NC(CC(=O)O)C(=O)O. The third-order valence-corrected chi connectivity index (χ3v) is 5.56. The number of nitrogens with zero attached hydrogens (tertiary/aromatic N) is 2. The summed E-state index contributed by atoms with van der Waals surface area (Å²) in [5.74, 6) is -5.07. The minimum atomic E-state index is -1.71. The number of rotatable bonds is 15. The number of imidazole rings is 1. The van der Waals surface area contributed by atoms with E-state index in [1.165, 1.54) is 12.5 Å². The minimum Gasteiger partial charge on any atom is -0.481 e. The van der Waals surface area contributed by atoms with E-state index in [4.69, 9.17) is 16.6 Å². The lowest BCUT2D eigenvalue weighted by Gasteiger charge is -2.25. The molecule has 3 amide bonds. The number of nitrogens with one attached hydrogen (secondary N) is 5. The van der Waals surface area contributed by atoms with Crippen LogP contribution < -0.4 is 32.7 Å². The molecule has 0 bridgehead atoms. The summed E-state index contributed by atoms with van der Waals surface area (Å²) in [6, 6.07) is -4.51. The summed E-state index contributed by atoms with van der Waals surface area (Å²) >= 11 is 0. The van der Waals surface area contributed by atoms with E-state index in [1.807, 2.05) is 0 Å². The lowest BCUT2D eigenvalue weighted by molar-refractivity contribution is -0.147. The summed E-state index contributed by atoms with van der Waals surface area (Å²) < 4.78 is 0. The molecular weight excluding hydrogens is 490 g/mol. The van der Waals surface area contributed by atoms with Gasteiger partial charge < -0.3 is 47.9 Å². The van der Waals surface area contributed by atoms with E-state index in [9.17, 15) is 29.1 Å². The van der Waals surface area contributed by atoms with Gasteiger partial charge in [0, 0.05) is 24.9 Å². The Morgan fingerprint density at radius 2 is 1.78 bits per heavy atom. The zero-order valence-corrected chi connectivity index (χ0v) is 20.1. The Labute approximate surface area is 212 Å². The Balaban J connectivity index is 2.17. The van der Waals surface area contributed by atoms with Crippen molar-refractivity contribution in [1.29, 1.82) is 0 Å². The molecule has 4 unspecified atom stereocenters. The second-order valence-electron chi connectivity index (χ2n) is 8.50. The lowest BCUT2D eigenvalue weighted by Crippen LogP contribution is -2.57. The van der Waals surface area contributed by atoms with Crippen LogP contribution in [-0.2, 0) is 30.4 Å². The van der Waals surface area contributed by atoms with E-state index in [0.717, 1.165) is 6.42 Å². The van der Waals surface area contributed by atoms with Crippen LogP contribution in [0.5, 0.6) is 0 Å². The van der Waals surface area contributed by atoms with Crippen molar-refractivity contribution in [2.45, 2.75) is 62.7 Å². The van der Waals surface area contributed by atoms with Crippen molar-refractivity contribution < 1.29 is 34.2 Å². The summed E-state index contributed by atoms with van der Waals surface area (Å²) in [5.41, 5.74) is 11.1. The van der Waals surface area contributed by atoms with Crippen LogP contribution in [-0.4, -0.2) is 93.1 Å². The summed E-state index contributed by atoms with van der Waals surface area (Å²) in [4.78, 5) is 71.7. The number of H-pyrrole nitrogens is 1. The molecule has 16 heteroatoms. The van der Waals surface area contributed by atoms with Gasteiger partial charge in [0.15, 0.2) is 5.96 Å². The highest BCUT2D eigenvalue weighted by Gasteiger charge is 2.32. The van der Waals surface area contributed by atoms with Crippen molar-refractivity contribution in [3.8, 4) is 0 Å². The van der Waals surface area contributed by atoms with Crippen molar-refractivity contribution in [2.24, 2.45) is 16.5 Å². The molecule has 0 spiro atoms. The average Bonchev–Trinajstić information content (AvgIpc) is 3.54. The zero-order valence-electron chi connectivity index (χ0n) is 20.1. The smallest absolute Gasteiger partial charge is 0.326 e. The molecule has 0 radical (unpaired) electrons. The summed E-state index contributed by atoms with van der Waals surface area (Å²) in [6.07, 6.45) is 3.73. The second-order valence-corrected chi connectivity index (χ2v) is 8.50. The molecule has 1 aliphatic heterocycles. The maximum atomic E-state index is 13.2. The van der Waals surface area contributed by atoms with Gasteiger partial charge in [-0.15, -0.1) is 0 Å². The minimum absolute atomic E-state index is 0.101. The predicted octanol–water partition coefficient (Wildman–Crippen LogP) is -3.23. The van der Waals surface area contributed by atoms with Crippen LogP contribution in [0, 0.1) is 0 Å². The number of aromatic nitrogens is 2. The van der Waals surface area contributed by atoms with Crippen LogP contribution in [0.3, 0.4) is 0 Å². The highest BCUT2D eigenvalue weighted by molar-refractivity contribution is 5.94. The van der Waals surface area contributed by atoms with Gasteiger partial charge in [-0.3, -0.25) is 24.2 Å². The Hall–Kier alpha value is -4.21. The number of carbonyl (C=O) groups excluding carboxylic acids is 3. The van der Waals surface area contributed by atoms with Crippen molar-refractivity contribution in [3.63, 3.8) is 0 Å². The molecule has 16 nitrogen and oxygen atoms in total. The maximum Gasteiger partial charge on any atom is 0.326 e. The van der Waals surface area contributed by atoms with Crippen LogP contribution in [0.25, 0.3) is 0 Å². The number of guanidine groups is 1. The molecule has 1 saturated heterocycles. The van der Waals surface area contributed by atoms with Crippen molar-refractivity contribution >= 4 is 35.6 Å². The molecule has 0 saturated carbocycles. The number of aliphatic carboxylic acids is 2. The molecule has 0 aliphatic carbocycles. The quantitative estimate of drug-likeness (QED) is 0.0626. The first-order valence-corrected chi connectivity index (χ1v) is 11.7. The Morgan fingerprint density at radius 1 is 1.08 bits per heavy atom. The molecular formula is C21H33N9O7. The van der Waals surface area contributed by atoms with E-state index < -0.39 is 54.3 Å². The van der Waals surface area contributed by atoms with Crippen LogP contribution in [0.4, 0.5) is 0 Å². The molecule has 0 aromatic carbocycles. The Morgan fingerprint density at radius 3 is 2.35 bits per heavy atom. The van der Waals surface area contributed by atoms with Gasteiger partial charge in [-0.05, 0) is 32.2 Å². The van der Waals surface area contributed by atoms with Gasteiger partial charge in [0.2, 0.25) is 17.7 Å². The Kier molecular flexibility index (Phi) is 11.3. The average molecular weight is 524 g/mol. The topological polar surface area (TPSA) is 267 Å². The molecule has 1 fully saturated rings. The van der Waals surface area contributed by atoms with Gasteiger partial charge >= 0.3 is 11.9 Å². The number of nitrogens with two attached hydrogens (primary N) is 2. The first-order chi connectivity index (χ1) is 17.6. The summed E-state index contributed by atoms with van der Waals surface area (Å²) in [6.45, 7) is 0.879. The molecule has 11 N–H and O–H groups in total. The van der Waals surface area contributed by atoms with Gasteiger partial charge in [-0.25, -0.2) is 9.78 Å². The van der Waals surface area contributed by atoms with Gasteiger partial charge in [0.05, 0.1) is 18.8 Å². The van der Waals surface area contributed by atoms with Gasteiger partial charge in [0.25, 0.3) is 0 Å². The van der Waals surface area contributed by atoms with E-state index >= 15 is 0 Å². The first-order valence-electron chi connectivity index (χ1n) is 11.7. The summed E-state index contributed by atoms with van der Waals surface area (Å²) in [5, 5.41) is 28.6. The third kappa shape index (κ3) is 10.1. The monoisotopic (exact) mass is 523 g/mol. The third-order valence-electron chi connectivity index (χ3n) is 5.56. The number of carbonyl (C=O) groups is 5. The summed E-state index contributed by atoms with van der Waals surface area (Å²) in [7, 11) is 0. The van der Waals surface area contributed by atoms with E-state index in [2.05, 4.69) is 36.2 Å². The van der Waals surface area contributed by atoms with Gasteiger partial charge in [0.1, 0.15) is 18.1 Å². The Bertz CT molecular complexity index is 973. The standard InChI is InChI=1S/C21H33N9O7/c22-21(23)26-6-2-4-13(28-17(33)12-3-1-5-25-12)18(34)29-14(7-11-9-24-10-27-11)19(35)30-15(20(36)37)8-16(31)32/h9-10,12-15,25H,1-8H2,(H,24,27)(H,28,33)(H,29,34)(H,30,35)(H,31,32)(H,36,37)(H4,22,23,26). The number of aliphatic imine (C=N–C) groups is 1. The van der Waals surface area contributed by atoms with Crippen LogP contribution in [0.15, 0.2) is 17.5 Å². The largest absolute Gasteiger partial charge is 0.481 e. The molecule has 1 aromatic rings. The first kappa shape index (κ1) is 29.0. The lowest BCUT2D eigenvalue weighted by atomic mass is 10.1. The van der Waals surface area contributed by atoms with Crippen molar-refractivity contribution in [1.82, 2.24) is 31.2 Å². The maximum absolute atomic E-state index is 13.2. The molecule has 4 atom stereocenters. The fourth-order valence-corrected chi connectivity index (χ4v) is 3.70. The highest BCUT2D eigenvalue weighted by Crippen LogP contribution is 2.08. The molecule has 1 aromatic heterocycles. The fourth-order valence-electron chi connectivity index (χ4n) is 3.70. The van der Waals surface area contributed by atoms with Crippen LogP contribution in [0.2, 0.25) is 0 Å². The number of aromatic amines is 1. The predicted molar refractivity (Wildman–Crippen MR) is 129 cm³/mol.